The van der Waals surface area contributed by atoms with E-state index in [4.69, 9.17) is 9.84 Å². The fraction of sp³-hybridized carbons (Fsp3) is 0.526. The number of Topliss-reactive ketones (excluding diaryl/α,β-unsaturated/α-hetero) is 1. The Morgan fingerprint density at radius 1 is 1.20 bits per heavy atom. The van der Waals surface area contributed by atoms with Crippen LogP contribution in [0.5, 0.6) is 5.75 Å². The van der Waals surface area contributed by atoms with Gasteiger partial charge in [0.15, 0.2) is 11.9 Å². The van der Waals surface area contributed by atoms with E-state index >= 15 is 0 Å². The summed E-state index contributed by atoms with van der Waals surface area (Å²) >= 11 is 0. The van der Waals surface area contributed by atoms with E-state index in [1.165, 1.54) is 0 Å². The Hall–Kier alpha value is -2.37. The third-order valence-corrected chi connectivity index (χ3v) is 4.30. The minimum atomic E-state index is -1.00. The molecular formula is C19H25NO5. The number of rotatable bonds is 9. The number of benzene rings is 1. The molecule has 0 aromatic heterocycles. The van der Waals surface area contributed by atoms with Gasteiger partial charge in [0.1, 0.15) is 5.75 Å². The van der Waals surface area contributed by atoms with Gasteiger partial charge in [-0.3, -0.25) is 14.4 Å². The quantitative estimate of drug-likeness (QED) is 0.546. The number of carboxylic acid groups (broad SMARTS) is 1. The van der Waals surface area contributed by atoms with Crippen molar-refractivity contribution in [3.05, 3.63) is 23.8 Å². The molecule has 136 valence electrons. The normalized spacial score (nSPS) is 16.3. The maximum atomic E-state index is 12.6. The molecule has 6 heteroatoms. The van der Waals surface area contributed by atoms with Crippen molar-refractivity contribution in [3.8, 4) is 5.75 Å². The van der Waals surface area contributed by atoms with Crippen molar-refractivity contribution in [2.24, 2.45) is 0 Å². The predicted molar refractivity (Wildman–Crippen MR) is 94.2 cm³/mol. The lowest BCUT2D eigenvalue weighted by atomic mass is 10.0. The smallest absolute Gasteiger partial charge is 0.303 e. The van der Waals surface area contributed by atoms with Gasteiger partial charge < -0.3 is 14.7 Å². The molecule has 0 radical (unpaired) electrons. The van der Waals surface area contributed by atoms with Crippen molar-refractivity contribution >= 4 is 23.3 Å². The van der Waals surface area contributed by atoms with Gasteiger partial charge in [0, 0.05) is 18.5 Å². The minimum absolute atomic E-state index is 0.0592. The molecule has 1 heterocycles. The van der Waals surface area contributed by atoms with Gasteiger partial charge in [0.2, 0.25) is 0 Å². The van der Waals surface area contributed by atoms with Gasteiger partial charge in [-0.1, -0.05) is 26.7 Å². The average molecular weight is 347 g/mol. The zero-order valence-electron chi connectivity index (χ0n) is 14.8. The lowest BCUT2D eigenvalue weighted by Crippen LogP contribution is -2.46. The summed E-state index contributed by atoms with van der Waals surface area (Å²) in [7, 11) is 0. The van der Waals surface area contributed by atoms with Crippen molar-refractivity contribution in [2.45, 2.75) is 58.5 Å². The Bertz CT molecular complexity index is 655. The van der Waals surface area contributed by atoms with Gasteiger partial charge in [-0.05, 0) is 31.0 Å². The first-order chi connectivity index (χ1) is 12.0. The number of nitrogens with zero attached hydrogens (tertiary/aromatic N) is 1. The van der Waals surface area contributed by atoms with Crippen LogP contribution in [0, 0.1) is 0 Å². The van der Waals surface area contributed by atoms with Crippen LogP contribution >= 0.6 is 0 Å². The van der Waals surface area contributed by atoms with Crippen LogP contribution in [0.3, 0.4) is 0 Å². The summed E-state index contributed by atoms with van der Waals surface area (Å²) in [4.78, 5) is 37.2. The number of anilines is 1. The Balaban J connectivity index is 2.27. The molecule has 1 atom stereocenters. The van der Waals surface area contributed by atoms with E-state index < -0.39 is 12.1 Å². The standard InChI is InChI=1S/C19H25NO5/c1-3-5-6-11-20-14-12-13(15(21)8-10-18(22)23)7-9-17(14)25-16(4-2)19(20)24/h7,9,12,16H,3-6,8,10-11H2,1-2H3,(H,22,23). The van der Waals surface area contributed by atoms with Crippen LogP contribution in [0.25, 0.3) is 0 Å². The van der Waals surface area contributed by atoms with Crippen LogP contribution in [-0.4, -0.2) is 35.4 Å². The van der Waals surface area contributed by atoms with E-state index in [1.807, 2.05) is 6.92 Å². The van der Waals surface area contributed by atoms with E-state index in [1.54, 1.807) is 23.1 Å². The van der Waals surface area contributed by atoms with Crippen molar-refractivity contribution in [1.82, 2.24) is 0 Å². The van der Waals surface area contributed by atoms with Crippen molar-refractivity contribution < 1.29 is 24.2 Å². The first-order valence-electron chi connectivity index (χ1n) is 8.85. The lowest BCUT2D eigenvalue weighted by Gasteiger charge is -2.34. The fourth-order valence-corrected chi connectivity index (χ4v) is 2.87. The lowest BCUT2D eigenvalue weighted by molar-refractivity contribution is -0.137. The topological polar surface area (TPSA) is 83.9 Å². The highest BCUT2D eigenvalue weighted by atomic mass is 16.5. The van der Waals surface area contributed by atoms with Crippen LogP contribution in [0.15, 0.2) is 18.2 Å². The molecule has 1 unspecified atom stereocenters. The van der Waals surface area contributed by atoms with Gasteiger partial charge in [-0.2, -0.15) is 0 Å². The molecule has 1 N–H and O–H groups in total. The van der Waals surface area contributed by atoms with E-state index in [9.17, 15) is 14.4 Å². The number of carbonyl (C=O) groups is 3. The highest BCUT2D eigenvalue weighted by Crippen LogP contribution is 2.36. The number of ether oxygens (including phenoxy) is 1. The van der Waals surface area contributed by atoms with E-state index in [-0.39, 0.29) is 24.5 Å². The second-order valence-electron chi connectivity index (χ2n) is 6.21. The first kappa shape index (κ1) is 19.0. The molecule has 1 amide bonds. The number of unbranched alkanes of at least 4 members (excludes halogenated alkanes) is 2. The van der Waals surface area contributed by atoms with Crippen LogP contribution in [0.2, 0.25) is 0 Å². The number of ketones is 1. The Morgan fingerprint density at radius 3 is 2.60 bits per heavy atom. The molecule has 0 bridgehead atoms. The summed E-state index contributed by atoms with van der Waals surface area (Å²) in [6.45, 7) is 4.59. The number of hydrogen-bond donors (Lipinski definition) is 1. The maximum absolute atomic E-state index is 12.6. The van der Waals surface area contributed by atoms with Crippen LogP contribution < -0.4 is 9.64 Å². The monoisotopic (exact) mass is 347 g/mol. The Kier molecular flexibility index (Phi) is 6.56. The molecule has 1 aromatic rings. The summed E-state index contributed by atoms with van der Waals surface area (Å²) in [5, 5.41) is 8.73. The first-order valence-corrected chi connectivity index (χ1v) is 8.85. The third kappa shape index (κ3) is 4.59. The average Bonchev–Trinajstić information content (AvgIpc) is 2.60. The summed E-state index contributed by atoms with van der Waals surface area (Å²) in [6, 6.07) is 4.98. The predicted octanol–water partition coefficient (Wildman–Crippen LogP) is 3.43. The zero-order chi connectivity index (χ0) is 18.4. The Morgan fingerprint density at radius 2 is 1.96 bits per heavy atom. The van der Waals surface area contributed by atoms with E-state index in [0.29, 0.717) is 30.0 Å². The van der Waals surface area contributed by atoms with Crippen molar-refractivity contribution in [3.63, 3.8) is 0 Å². The molecule has 25 heavy (non-hydrogen) atoms. The highest BCUT2D eigenvalue weighted by Gasteiger charge is 2.33. The van der Waals surface area contributed by atoms with Gasteiger partial charge >= 0.3 is 5.97 Å². The van der Waals surface area contributed by atoms with Crippen molar-refractivity contribution in [2.75, 3.05) is 11.4 Å². The molecule has 2 rings (SSSR count). The summed E-state index contributed by atoms with van der Waals surface area (Å²) < 4.78 is 5.77. The Labute approximate surface area is 147 Å². The number of amides is 1. The van der Waals surface area contributed by atoms with Crippen LogP contribution in [0.1, 0.15) is 62.7 Å². The van der Waals surface area contributed by atoms with Gasteiger partial charge in [0.05, 0.1) is 12.1 Å². The van der Waals surface area contributed by atoms with Crippen LogP contribution in [0.4, 0.5) is 5.69 Å². The molecule has 0 aliphatic carbocycles. The highest BCUT2D eigenvalue weighted by molar-refractivity contribution is 6.03. The third-order valence-electron chi connectivity index (χ3n) is 4.30. The fourth-order valence-electron chi connectivity index (χ4n) is 2.87. The largest absolute Gasteiger partial charge is 0.481 e. The van der Waals surface area contributed by atoms with E-state index in [2.05, 4.69) is 6.92 Å². The second-order valence-corrected chi connectivity index (χ2v) is 6.21. The SMILES string of the molecule is CCCCCN1C(=O)C(CC)Oc2ccc(C(=O)CCC(=O)O)cc21. The molecular weight excluding hydrogens is 322 g/mol. The maximum Gasteiger partial charge on any atom is 0.303 e. The molecule has 0 spiro atoms. The van der Waals surface area contributed by atoms with Gasteiger partial charge in [0.25, 0.3) is 5.91 Å². The summed E-state index contributed by atoms with van der Waals surface area (Å²) in [5.74, 6) is -0.737. The molecule has 0 saturated heterocycles. The molecule has 0 saturated carbocycles. The van der Waals surface area contributed by atoms with Crippen LogP contribution in [-0.2, 0) is 9.59 Å². The molecule has 1 aliphatic heterocycles. The number of carboxylic acids is 1. The minimum Gasteiger partial charge on any atom is -0.481 e. The summed E-state index contributed by atoms with van der Waals surface area (Å²) in [6.07, 6.45) is 2.78. The number of fused-ring (bicyclic) bond motifs is 1. The zero-order valence-corrected chi connectivity index (χ0v) is 14.8. The van der Waals surface area contributed by atoms with Gasteiger partial charge in [-0.25, -0.2) is 0 Å². The van der Waals surface area contributed by atoms with E-state index in [0.717, 1.165) is 19.3 Å². The molecule has 0 fully saturated rings. The molecule has 6 nitrogen and oxygen atoms in total. The number of hydrogen-bond acceptors (Lipinski definition) is 4. The molecule has 1 aromatic carbocycles. The second kappa shape index (κ2) is 8.65. The molecule has 1 aliphatic rings. The van der Waals surface area contributed by atoms with Crippen molar-refractivity contribution in [1.29, 1.82) is 0 Å². The number of aliphatic carboxylic acids is 1. The number of carbonyl (C=O) groups excluding carboxylic acids is 2. The summed E-state index contributed by atoms with van der Waals surface area (Å²) in [5.41, 5.74) is 1.01. The van der Waals surface area contributed by atoms with Gasteiger partial charge in [-0.15, -0.1) is 0 Å².